The van der Waals surface area contributed by atoms with Crippen molar-refractivity contribution in [3.8, 4) is 50.7 Å². The molecule has 0 aliphatic carbocycles. The normalized spacial score (nSPS) is 10.6. The highest BCUT2D eigenvalue weighted by Crippen LogP contribution is 2.39. The first kappa shape index (κ1) is 47.7. The van der Waals surface area contributed by atoms with Crippen LogP contribution in [0.4, 0.5) is 22.7 Å². The molecule has 0 unspecified atom stereocenters. The fourth-order valence-electron chi connectivity index (χ4n) is 9.00. The third-order valence-electron chi connectivity index (χ3n) is 12.1. The molecular formula is C65H59N5. The van der Waals surface area contributed by atoms with Crippen LogP contribution >= 0.6 is 0 Å². The smallest absolute Gasteiger partial charge is 0.160 e. The number of hydrogen-bond donors (Lipinski definition) is 0. The van der Waals surface area contributed by atoms with Crippen molar-refractivity contribution in [1.82, 2.24) is 14.5 Å². The number of aromatic nitrogens is 3. The quantitative estimate of drug-likeness (QED) is 0.108. The predicted octanol–water partition coefficient (Wildman–Crippen LogP) is 17.8. The van der Waals surface area contributed by atoms with Crippen molar-refractivity contribution < 1.29 is 0 Å². The maximum atomic E-state index is 5.38. The Morgan fingerprint density at radius 1 is 0.500 bits per heavy atom. The van der Waals surface area contributed by atoms with Crippen molar-refractivity contribution in [3.05, 3.63) is 250 Å². The molecule has 0 atom stereocenters. The molecule has 0 spiro atoms. The van der Waals surface area contributed by atoms with Gasteiger partial charge in [0, 0.05) is 75.1 Å². The molecule has 0 radical (unpaired) electrons. The first-order chi connectivity index (χ1) is 34.4. The number of rotatable bonds is 13. The Bertz CT molecular complexity index is 3450. The van der Waals surface area contributed by atoms with Crippen molar-refractivity contribution >= 4 is 56.7 Å². The van der Waals surface area contributed by atoms with Gasteiger partial charge in [0.1, 0.15) is 0 Å². The molecule has 10 aromatic rings. The van der Waals surface area contributed by atoms with E-state index < -0.39 is 0 Å². The van der Waals surface area contributed by atoms with Crippen LogP contribution in [0.2, 0.25) is 0 Å². The van der Waals surface area contributed by atoms with Crippen molar-refractivity contribution in [3.63, 3.8) is 0 Å². The lowest BCUT2D eigenvalue weighted by molar-refractivity contribution is 1.09. The summed E-state index contributed by atoms with van der Waals surface area (Å²) in [5.74, 6) is 0.630. The topological polar surface area (TPSA) is 37.2 Å². The van der Waals surface area contributed by atoms with Gasteiger partial charge in [-0.05, 0) is 90.3 Å². The molecule has 0 bridgehead atoms. The van der Waals surface area contributed by atoms with Crippen LogP contribution < -0.4 is 9.80 Å². The third kappa shape index (κ3) is 9.78. The summed E-state index contributed by atoms with van der Waals surface area (Å²) in [5, 5.41) is 2.36. The standard InChI is InChI=1S/C60H47N5.C3H6.C2H6/c1-5-37-64(55-33-14-11-21-42(55)6-2)49-29-18-26-46(39-49)54-41-53(45-25-17-28-48(38-45)63(4)56-34-15-12-31-51(56)44-22-9-8-10-23-44)61-60(62-54)47-27-19-30-50(40-47)65-57-35-16-13-32-52(57)59-43(7-3)24-20-36-58(59)65;1-3-2;1-2/h5-36,38-41H,1-3,37H2,4H3;3H,1H2,2H3;1-2H3. The second kappa shape index (κ2) is 22.3. The van der Waals surface area contributed by atoms with E-state index in [1.54, 1.807) is 6.08 Å². The molecule has 8 aromatic carbocycles. The summed E-state index contributed by atoms with van der Waals surface area (Å²) in [7, 11) is 2.13. The number of hydrogen-bond acceptors (Lipinski definition) is 4. The second-order valence-electron chi connectivity index (χ2n) is 16.4. The van der Waals surface area contributed by atoms with Crippen molar-refractivity contribution in [2.45, 2.75) is 20.8 Å². The summed E-state index contributed by atoms with van der Waals surface area (Å²) in [6.07, 6.45) is 7.52. The van der Waals surface area contributed by atoms with Crippen LogP contribution in [0, 0.1) is 0 Å². The maximum Gasteiger partial charge on any atom is 0.160 e. The molecule has 0 amide bonds. The Hall–Kier alpha value is -8.80. The van der Waals surface area contributed by atoms with Crippen LogP contribution in [0.5, 0.6) is 0 Å². The first-order valence-corrected chi connectivity index (χ1v) is 23.8. The number of allylic oxidation sites excluding steroid dienone is 1. The minimum absolute atomic E-state index is 0.617. The maximum absolute atomic E-state index is 5.38. The van der Waals surface area contributed by atoms with Crippen LogP contribution in [0.1, 0.15) is 31.9 Å². The molecule has 0 saturated carbocycles. The van der Waals surface area contributed by atoms with Crippen molar-refractivity contribution in [1.29, 1.82) is 0 Å². The zero-order chi connectivity index (χ0) is 49.0. The molecule has 0 N–H and O–H groups in total. The highest BCUT2D eigenvalue weighted by atomic mass is 15.1. The van der Waals surface area contributed by atoms with E-state index in [2.05, 4.69) is 242 Å². The molecule has 5 nitrogen and oxygen atoms in total. The zero-order valence-electron chi connectivity index (χ0n) is 40.6. The fourth-order valence-corrected chi connectivity index (χ4v) is 9.00. The number of anilines is 4. The predicted molar refractivity (Wildman–Crippen MR) is 304 cm³/mol. The monoisotopic (exact) mass is 909 g/mol. The largest absolute Gasteiger partial charge is 0.344 e. The van der Waals surface area contributed by atoms with E-state index in [0.717, 1.165) is 84.2 Å². The van der Waals surface area contributed by atoms with Crippen LogP contribution in [0.3, 0.4) is 0 Å². The van der Waals surface area contributed by atoms with Crippen LogP contribution in [-0.4, -0.2) is 28.1 Å². The number of para-hydroxylation sites is 3. The van der Waals surface area contributed by atoms with E-state index in [1.165, 1.54) is 16.3 Å². The van der Waals surface area contributed by atoms with Crippen LogP contribution in [0.25, 0.3) is 84.7 Å². The Morgan fingerprint density at radius 2 is 1.04 bits per heavy atom. The summed E-state index contributed by atoms with van der Waals surface area (Å²) >= 11 is 0. The van der Waals surface area contributed by atoms with Crippen molar-refractivity contribution in [2.75, 3.05) is 23.4 Å². The highest BCUT2D eigenvalue weighted by Gasteiger charge is 2.19. The molecular weight excluding hydrogens is 851 g/mol. The van der Waals surface area contributed by atoms with Gasteiger partial charge in [-0.15, -0.1) is 13.2 Å². The van der Waals surface area contributed by atoms with Gasteiger partial charge in [-0.25, -0.2) is 9.97 Å². The lowest BCUT2D eigenvalue weighted by Crippen LogP contribution is -2.17. The van der Waals surface area contributed by atoms with E-state index >= 15 is 0 Å². The highest BCUT2D eigenvalue weighted by molar-refractivity contribution is 6.12. The van der Waals surface area contributed by atoms with Gasteiger partial charge in [-0.2, -0.15) is 0 Å². The average Bonchev–Trinajstić information content (AvgIpc) is 3.78. The van der Waals surface area contributed by atoms with E-state index in [-0.39, 0.29) is 0 Å². The molecule has 344 valence electrons. The number of nitrogens with zero attached hydrogens (tertiary/aromatic N) is 5. The Morgan fingerprint density at radius 3 is 1.76 bits per heavy atom. The summed E-state index contributed by atoms with van der Waals surface area (Å²) in [6, 6.07) is 70.2. The van der Waals surface area contributed by atoms with Gasteiger partial charge in [-0.3, -0.25) is 0 Å². The Balaban J connectivity index is 0.00000127. The Labute approximate surface area is 414 Å². The number of benzene rings is 8. The van der Waals surface area contributed by atoms with Gasteiger partial charge in [0.05, 0.1) is 22.4 Å². The van der Waals surface area contributed by atoms with E-state index in [9.17, 15) is 0 Å². The lowest BCUT2D eigenvalue weighted by Gasteiger charge is -2.26. The van der Waals surface area contributed by atoms with Gasteiger partial charge in [0.25, 0.3) is 0 Å². The van der Waals surface area contributed by atoms with E-state index in [1.807, 2.05) is 45.1 Å². The van der Waals surface area contributed by atoms with Crippen molar-refractivity contribution in [2.24, 2.45) is 0 Å². The molecule has 0 fully saturated rings. The zero-order valence-corrected chi connectivity index (χ0v) is 40.6. The van der Waals surface area contributed by atoms with Gasteiger partial charge < -0.3 is 14.4 Å². The lowest BCUT2D eigenvalue weighted by atomic mass is 10.0. The number of fused-ring (bicyclic) bond motifs is 3. The Kier molecular flexibility index (Phi) is 15.2. The summed E-state index contributed by atoms with van der Waals surface area (Å²) in [4.78, 5) is 15.3. The molecule has 5 heteroatoms. The molecule has 2 heterocycles. The first-order valence-electron chi connectivity index (χ1n) is 23.8. The minimum atomic E-state index is 0.617. The molecule has 2 aromatic heterocycles. The van der Waals surface area contributed by atoms with Gasteiger partial charge in [0.2, 0.25) is 0 Å². The van der Waals surface area contributed by atoms with Crippen LogP contribution in [-0.2, 0) is 0 Å². The SMILES string of the molecule is C=CC.C=CCN(c1cccc(-c2cc(-c3cccc(N(C)c4ccccc4-c4ccccc4)c3)nc(-c3cccc(-n4c5ccccc5c5c(C=C)cccc54)c3)n2)c1)c1ccccc1C=C.CC. The third-order valence-corrected chi connectivity index (χ3v) is 12.1. The minimum Gasteiger partial charge on any atom is -0.344 e. The summed E-state index contributed by atoms with van der Waals surface area (Å²) < 4.78 is 2.33. The molecule has 10 rings (SSSR count). The van der Waals surface area contributed by atoms with Crippen LogP contribution in [0.15, 0.2) is 239 Å². The second-order valence-corrected chi connectivity index (χ2v) is 16.4. The van der Waals surface area contributed by atoms with E-state index in [0.29, 0.717) is 12.4 Å². The molecule has 0 aliphatic rings. The average molecular weight is 910 g/mol. The van der Waals surface area contributed by atoms with E-state index in [4.69, 9.17) is 9.97 Å². The fraction of sp³-hybridized carbons (Fsp3) is 0.0769. The van der Waals surface area contributed by atoms with Gasteiger partial charge in [0.15, 0.2) is 5.82 Å². The molecule has 70 heavy (non-hydrogen) atoms. The summed E-state index contributed by atoms with van der Waals surface area (Å²) in [6.45, 7) is 22.2. The van der Waals surface area contributed by atoms with Gasteiger partial charge >= 0.3 is 0 Å². The molecule has 0 aliphatic heterocycles. The van der Waals surface area contributed by atoms with Gasteiger partial charge in [-0.1, -0.05) is 185 Å². The molecule has 0 saturated heterocycles. The summed E-state index contributed by atoms with van der Waals surface area (Å²) in [5.41, 5.74) is 16.5.